The highest BCUT2D eigenvalue weighted by molar-refractivity contribution is 5.51. The molecule has 4 atom stereocenters. The molecule has 0 saturated carbocycles. The van der Waals surface area contributed by atoms with Gasteiger partial charge in [0.15, 0.2) is 6.04 Å². The standard InChI is InChI=1S/C15H25N2/c1-3-7-16-11-13-9-12(14(16)5-1)10-17-8-4-2-6-15(13)17/h7,12-15H,1-6,8-11H2/q+1/t12-,13-,14+,15-/m0/s1. The van der Waals surface area contributed by atoms with E-state index in [1.54, 1.807) is 0 Å². The summed E-state index contributed by atoms with van der Waals surface area (Å²) in [7, 11) is 0. The minimum absolute atomic E-state index is 0.905. The van der Waals surface area contributed by atoms with Crippen molar-refractivity contribution in [2.75, 3.05) is 19.6 Å². The summed E-state index contributed by atoms with van der Waals surface area (Å²) in [5.74, 6) is 1.97. The van der Waals surface area contributed by atoms with Crippen LogP contribution in [0.3, 0.4) is 0 Å². The molecule has 0 unspecified atom stereocenters. The zero-order valence-corrected chi connectivity index (χ0v) is 10.9. The molecule has 3 fully saturated rings. The van der Waals surface area contributed by atoms with Crippen molar-refractivity contribution in [3.8, 4) is 0 Å². The molecule has 0 aliphatic carbocycles. The van der Waals surface area contributed by atoms with Crippen molar-refractivity contribution in [2.45, 2.75) is 57.0 Å². The fourth-order valence-corrected chi connectivity index (χ4v) is 5.05. The van der Waals surface area contributed by atoms with E-state index in [-0.39, 0.29) is 0 Å². The van der Waals surface area contributed by atoms with Crippen LogP contribution in [-0.2, 0) is 0 Å². The van der Waals surface area contributed by atoms with E-state index in [1.165, 1.54) is 64.6 Å². The molecule has 17 heavy (non-hydrogen) atoms. The predicted octanol–water partition coefficient (Wildman–Crippen LogP) is 2.13. The maximum absolute atomic E-state index is 2.86. The van der Waals surface area contributed by atoms with E-state index in [4.69, 9.17) is 0 Å². The second kappa shape index (κ2) is 4.08. The Kier molecular flexibility index (Phi) is 2.53. The van der Waals surface area contributed by atoms with Crippen molar-refractivity contribution < 1.29 is 4.58 Å². The van der Waals surface area contributed by atoms with Crippen LogP contribution in [0.2, 0.25) is 0 Å². The van der Waals surface area contributed by atoms with Gasteiger partial charge in [0.05, 0.1) is 0 Å². The average molecular weight is 233 g/mol. The summed E-state index contributed by atoms with van der Waals surface area (Å²) in [6, 6.07) is 1.85. The Hall–Kier alpha value is -0.370. The molecule has 3 saturated heterocycles. The molecule has 0 spiro atoms. The fraction of sp³-hybridized carbons (Fsp3) is 0.933. The van der Waals surface area contributed by atoms with Crippen LogP contribution in [0.1, 0.15) is 44.9 Å². The van der Waals surface area contributed by atoms with Crippen molar-refractivity contribution in [1.82, 2.24) is 4.90 Å². The Morgan fingerprint density at radius 2 is 2.06 bits per heavy atom. The zero-order valence-electron chi connectivity index (χ0n) is 10.9. The average Bonchev–Trinajstić information content (AvgIpc) is 2.39. The van der Waals surface area contributed by atoms with Crippen LogP contribution in [0.25, 0.3) is 0 Å². The van der Waals surface area contributed by atoms with Gasteiger partial charge in [-0.1, -0.05) is 6.42 Å². The van der Waals surface area contributed by atoms with Crippen molar-refractivity contribution in [3.05, 3.63) is 0 Å². The maximum atomic E-state index is 2.86. The maximum Gasteiger partial charge on any atom is 0.156 e. The van der Waals surface area contributed by atoms with Crippen LogP contribution in [0.15, 0.2) is 0 Å². The molecule has 4 aliphatic heterocycles. The van der Waals surface area contributed by atoms with Crippen LogP contribution in [-0.4, -0.2) is 47.4 Å². The highest BCUT2D eigenvalue weighted by atomic mass is 15.2. The molecule has 2 nitrogen and oxygen atoms in total. The van der Waals surface area contributed by atoms with Crippen molar-refractivity contribution in [1.29, 1.82) is 0 Å². The van der Waals surface area contributed by atoms with Gasteiger partial charge in [0, 0.05) is 37.3 Å². The lowest BCUT2D eigenvalue weighted by atomic mass is 9.72. The first-order chi connectivity index (χ1) is 8.42. The third-order valence-corrected chi connectivity index (χ3v) is 5.77. The molecule has 4 aliphatic rings. The molecule has 0 radical (unpaired) electrons. The molecule has 0 aromatic carbocycles. The van der Waals surface area contributed by atoms with Gasteiger partial charge < -0.3 is 0 Å². The highest BCUT2D eigenvalue weighted by Crippen LogP contribution is 2.40. The minimum atomic E-state index is 0.905. The topological polar surface area (TPSA) is 6.25 Å². The molecule has 0 N–H and O–H groups in total. The molecular formula is C15H25N2+. The van der Waals surface area contributed by atoms with Gasteiger partial charge in [-0.15, -0.1) is 0 Å². The summed E-state index contributed by atoms with van der Waals surface area (Å²) in [6.45, 7) is 4.19. The van der Waals surface area contributed by atoms with E-state index in [2.05, 4.69) is 15.7 Å². The van der Waals surface area contributed by atoms with Crippen molar-refractivity contribution in [3.63, 3.8) is 0 Å². The quantitative estimate of drug-likeness (QED) is 0.581. The zero-order chi connectivity index (χ0) is 11.2. The number of hydrogen-bond donors (Lipinski definition) is 0. The second-order valence-electron chi connectivity index (χ2n) is 6.69. The van der Waals surface area contributed by atoms with E-state index < -0.39 is 0 Å². The molecule has 4 rings (SSSR count). The van der Waals surface area contributed by atoms with Gasteiger partial charge in [-0.25, -0.2) is 4.58 Å². The van der Waals surface area contributed by atoms with Crippen LogP contribution in [0, 0.1) is 11.8 Å². The van der Waals surface area contributed by atoms with Gasteiger partial charge in [0.25, 0.3) is 0 Å². The first kappa shape index (κ1) is 10.5. The molecule has 94 valence electrons. The normalized spacial score (nSPS) is 45.8. The number of piperidine rings is 3. The number of rotatable bonds is 0. The Bertz CT molecular complexity index is 336. The van der Waals surface area contributed by atoms with Crippen molar-refractivity contribution >= 4 is 6.21 Å². The molecule has 0 amide bonds. The second-order valence-corrected chi connectivity index (χ2v) is 6.69. The SMILES string of the molecule is C1=[N+]2C[C@@H]3C[C@@H](CN4CCCC[C@@H]34)[C@H]2CCC1. The minimum Gasteiger partial charge on any atom is -0.299 e. The first-order valence-corrected chi connectivity index (χ1v) is 7.75. The lowest BCUT2D eigenvalue weighted by molar-refractivity contribution is -0.599. The van der Waals surface area contributed by atoms with Gasteiger partial charge in [-0.3, -0.25) is 4.90 Å². The Balaban J connectivity index is 1.61. The van der Waals surface area contributed by atoms with Gasteiger partial charge in [-0.2, -0.15) is 0 Å². The first-order valence-electron chi connectivity index (χ1n) is 7.75. The van der Waals surface area contributed by atoms with Crippen LogP contribution < -0.4 is 0 Å². The highest BCUT2D eigenvalue weighted by Gasteiger charge is 2.48. The van der Waals surface area contributed by atoms with Crippen molar-refractivity contribution in [2.24, 2.45) is 11.8 Å². The molecule has 0 aromatic rings. The largest absolute Gasteiger partial charge is 0.299 e. The van der Waals surface area contributed by atoms with Crippen LogP contribution in [0.4, 0.5) is 0 Å². The number of hydrogen-bond acceptors (Lipinski definition) is 1. The Morgan fingerprint density at radius 1 is 1.06 bits per heavy atom. The molecule has 2 heteroatoms. The third-order valence-electron chi connectivity index (χ3n) is 5.77. The third kappa shape index (κ3) is 1.68. The van der Waals surface area contributed by atoms with Gasteiger partial charge in [0.1, 0.15) is 12.8 Å². The smallest absolute Gasteiger partial charge is 0.156 e. The predicted molar refractivity (Wildman–Crippen MR) is 69.6 cm³/mol. The summed E-state index contributed by atoms with van der Waals surface area (Å²) in [4.78, 5) is 2.86. The van der Waals surface area contributed by atoms with E-state index in [9.17, 15) is 0 Å². The summed E-state index contributed by atoms with van der Waals surface area (Å²) < 4.78 is 2.74. The lowest BCUT2D eigenvalue weighted by Crippen LogP contribution is -2.60. The summed E-state index contributed by atoms with van der Waals surface area (Å²) >= 11 is 0. The van der Waals surface area contributed by atoms with E-state index in [1.807, 2.05) is 0 Å². The van der Waals surface area contributed by atoms with Gasteiger partial charge in [-0.05, 0) is 32.2 Å². The number of fused-ring (bicyclic) bond motifs is 6. The number of nitrogens with zero attached hydrogens (tertiary/aromatic N) is 2. The fourth-order valence-electron chi connectivity index (χ4n) is 5.05. The molecule has 2 bridgehead atoms. The van der Waals surface area contributed by atoms with Gasteiger partial charge in [0.2, 0.25) is 0 Å². The van der Waals surface area contributed by atoms with E-state index in [0.717, 1.165) is 23.9 Å². The Labute approximate surface area is 105 Å². The van der Waals surface area contributed by atoms with E-state index >= 15 is 0 Å². The molecule has 4 heterocycles. The Morgan fingerprint density at radius 3 is 3.06 bits per heavy atom. The summed E-state index contributed by atoms with van der Waals surface area (Å²) in [5, 5.41) is 0. The van der Waals surface area contributed by atoms with Gasteiger partial charge >= 0.3 is 0 Å². The summed E-state index contributed by atoms with van der Waals surface area (Å²) in [6.07, 6.45) is 12.7. The van der Waals surface area contributed by atoms with Crippen LogP contribution in [0.5, 0.6) is 0 Å². The lowest BCUT2D eigenvalue weighted by Gasteiger charge is -2.50. The molecule has 0 aromatic heterocycles. The van der Waals surface area contributed by atoms with E-state index in [0.29, 0.717) is 0 Å². The van der Waals surface area contributed by atoms with Crippen LogP contribution >= 0.6 is 0 Å². The summed E-state index contributed by atoms with van der Waals surface area (Å²) in [5.41, 5.74) is 0. The monoisotopic (exact) mass is 233 g/mol. The molecular weight excluding hydrogens is 208 g/mol.